The van der Waals surface area contributed by atoms with E-state index in [1.807, 2.05) is 6.07 Å². The Morgan fingerprint density at radius 2 is 2.00 bits per heavy atom. The predicted octanol–water partition coefficient (Wildman–Crippen LogP) is 1.21. The molecule has 7 heteroatoms. The van der Waals surface area contributed by atoms with E-state index in [9.17, 15) is 9.59 Å². The fraction of sp³-hybridized carbons (Fsp3) is 0.412. The third-order valence-corrected chi connectivity index (χ3v) is 3.93. The summed E-state index contributed by atoms with van der Waals surface area (Å²) < 4.78 is 15.1. The van der Waals surface area contributed by atoms with Crippen molar-refractivity contribution in [2.75, 3.05) is 21.3 Å². The van der Waals surface area contributed by atoms with E-state index < -0.39 is 6.17 Å². The lowest BCUT2D eigenvalue weighted by Gasteiger charge is -2.23. The van der Waals surface area contributed by atoms with E-state index in [1.54, 1.807) is 32.4 Å². The van der Waals surface area contributed by atoms with Crippen LogP contribution in [0.4, 0.5) is 0 Å². The summed E-state index contributed by atoms with van der Waals surface area (Å²) in [5.41, 5.74) is 7.39. The molecule has 0 aromatic heterocycles. The number of benzene rings is 1. The number of nitrogens with zero attached hydrogens (tertiary/aromatic N) is 1. The van der Waals surface area contributed by atoms with Gasteiger partial charge >= 0.3 is 5.97 Å². The van der Waals surface area contributed by atoms with Gasteiger partial charge in [-0.2, -0.15) is 0 Å². The van der Waals surface area contributed by atoms with Crippen LogP contribution in [0.2, 0.25) is 0 Å². The average Bonchev–Trinajstić information content (AvgIpc) is 2.87. The second-order valence-corrected chi connectivity index (χ2v) is 5.37. The standard InChI is InChI=1S/C17H22N2O5/c1-22-13-6-4-12(14(9-13)23-2)10-19-15(18)8-11(17(19)21)5-7-16(20)24-3/h4,6,8-9,15H,5,7,10,18H2,1-3H3. The van der Waals surface area contributed by atoms with Crippen molar-refractivity contribution in [2.24, 2.45) is 5.73 Å². The van der Waals surface area contributed by atoms with Crippen molar-refractivity contribution >= 4 is 11.9 Å². The third kappa shape index (κ3) is 3.86. The van der Waals surface area contributed by atoms with Crippen molar-refractivity contribution in [3.63, 3.8) is 0 Å². The summed E-state index contributed by atoms with van der Waals surface area (Å²) in [6.45, 7) is 0.311. The van der Waals surface area contributed by atoms with Gasteiger partial charge in [-0.15, -0.1) is 0 Å². The van der Waals surface area contributed by atoms with Crippen molar-refractivity contribution in [3.05, 3.63) is 35.4 Å². The highest BCUT2D eigenvalue weighted by Crippen LogP contribution is 2.28. The highest BCUT2D eigenvalue weighted by Gasteiger charge is 2.30. The Morgan fingerprint density at radius 1 is 1.25 bits per heavy atom. The number of hydrogen-bond acceptors (Lipinski definition) is 6. The van der Waals surface area contributed by atoms with Gasteiger partial charge in [-0.05, 0) is 24.6 Å². The van der Waals surface area contributed by atoms with Gasteiger partial charge < -0.3 is 24.8 Å². The monoisotopic (exact) mass is 334 g/mol. The van der Waals surface area contributed by atoms with E-state index in [4.69, 9.17) is 15.2 Å². The van der Waals surface area contributed by atoms with E-state index in [1.165, 1.54) is 12.0 Å². The number of hydrogen-bond donors (Lipinski definition) is 1. The van der Waals surface area contributed by atoms with Gasteiger partial charge in [0.1, 0.15) is 17.7 Å². The third-order valence-electron chi connectivity index (χ3n) is 3.93. The Morgan fingerprint density at radius 3 is 2.62 bits per heavy atom. The van der Waals surface area contributed by atoms with E-state index in [0.29, 0.717) is 30.0 Å². The van der Waals surface area contributed by atoms with Gasteiger partial charge in [0.15, 0.2) is 0 Å². The Bertz CT molecular complexity index is 656. The van der Waals surface area contributed by atoms with Crippen LogP contribution in [0.25, 0.3) is 0 Å². The van der Waals surface area contributed by atoms with Crippen LogP contribution in [0.5, 0.6) is 11.5 Å². The number of nitrogens with two attached hydrogens (primary N) is 1. The number of carbonyl (C=O) groups excluding carboxylic acids is 2. The number of esters is 1. The number of rotatable bonds is 7. The topological polar surface area (TPSA) is 91.1 Å². The summed E-state index contributed by atoms with van der Waals surface area (Å²) in [4.78, 5) is 25.3. The first-order chi connectivity index (χ1) is 11.5. The molecule has 1 heterocycles. The lowest BCUT2D eigenvalue weighted by molar-refractivity contribution is -0.140. The molecule has 7 nitrogen and oxygen atoms in total. The summed E-state index contributed by atoms with van der Waals surface area (Å²) in [7, 11) is 4.46. The van der Waals surface area contributed by atoms with Crippen LogP contribution in [0.3, 0.4) is 0 Å². The lowest BCUT2D eigenvalue weighted by Crippen LogP contribution is -2.39. The van der Waals surface area contributed by atoms with Gasteiger partial charge in [0.2, 0.25) is 0 Å². The van der Waals surface area contributed by atoms with Crippen molar-refractivity contribution in [3.8, 4) is 11.5 Å². The smallest absolute Gasteiger partial charge is 0.305 e. The molecule has 1 aliphatic rings. The molecule has 1 aromatic rings. The quantitative estimate of drug-likeness (QED) is 0.754. The first kappa shape index (κ1) is 17.8. The van der Waals surface area contributed by atoms with Crippen molar-refractivity contribution < 1.29 is 23.8 Å². The van der Waals surface area contributed by atoms with Crippen LogP contribution in [-0.2, 0) is 20.9 Å². The molecule has 0 aliphatic carbocycles. The SMILES string of the molecule is COC(=O)CCC1=CC(N)N(Cc2ccc(OC)cc2OC)C1=O. The molecular formula is C17H22N2O5. The fourth-order valence-electron chi connectivity index (χ4n) is 2.56. The van der Waals surface area contributed by atoms with E-state index in [0.717, 1.165) is 5.56 Å². The van der Waals surface area contributed by atoms with Gasteiger partial charge in [-0.3, -0.25) is 9.59 Å². The molecule has 130 valence electrons. The van der Waals surface area contributed by atoms with Gasteiger partial charge in [-0.1, -0.05) is 0 Å². The molecule has 2 N–H and O–H groups in total. The summed E-state index contributed by atoms with van der Waals surface area (Å²) >= 11 is 0. The number of carbonyl (C=O) groups is 2. The molecule has 1 atom stereocenters. The normalized spacial score (nSPS) is 16.8. The number of ether oxygens (including phenoxy) is 3. The van der Waals surface area contributed by atoms with Crippen molar-refractivity contribution in [1.82, 2.24) is 4.90 Å². The fourth-order valence-corrected chi connectivity index (χ4v) is 2.56. The number of methoxy groups -OCH3 is 3. The molecule has 0 spiro atoms. The molecule has 1 aliphatic heterocycles. The molecule has 0 radical (unpaired) electrons. The molecule has 24 heavy (non-hydrogen) atoms. The van der Waals surface area contributed by atoms with Crippen molar-refractivity contribution in [1.29, 1.82) is 0 Å². The zero-order valence-electron chi connectivity index (χ0n) is 14.1. The van der Waals surface area contributed by atoms with Gasteiger partial charge in [0.25, 0.3) is 5.91 Å². The lowest BCUT2D eigenvalue weighted by atomic mass is 10.1. The molecular weight excluding hydrogens is 312 g/mol. The summed E-state index contributed by atoms with van der Waals surface area (Å²) in [6, 6.07) is 5.40. The maximum absolute atomic E-state index is 12.5. The minimum absolute atomic E-state index is 0.153. The Labute approximate surface area is 141 Å². The van der Waals surface area contributed by atoms with E-state index >= 15 is 0 Å². The second kappa shape index (κ2) is 7.83. The molecule has 0 saturated heterocycles. The van der Waals surface area contributed by atoms with Crippen LogP contribution < -0.4 is 15.2 Å². The first-order valence-electron chi connectivity index (χ1n) is 7.55. The zero-order chi connectivity index (χ0) is 17.7. The molecule has 2 rings (SSSR count). The maximum Gasteiger partial charge on any atom is 0.305 e. The highest BCUT2D eigenvalue weighted by molar-refractivity contribution is 5.96. The largest absolute Gasteiger partial charge is 0.497 e. The molecule has 1 unspecified atom stereocenters. The van der Waals surface area contributed by atoms with Gasteiger partial charge in [-0.25, -0.2) is 0 Å². The minimum atomic E-state index is -0.531. The first-order valence-corrected chi connectivity index (χ1v) is 7.55. The van der Waals surface area contributed by atoms with Crippen LogP contribution in [-0.4, -0.2) is 44.3 Å². The molecule has 0 fully saturated rings. The minimum Gasteiger partial charge on any atom is -0.497 e. The van der Waals surface area contributed by atoms with Crippen LogP contribution in [0.15, 0.2) is 29.8 Å². The molecule has 0 saturated carbocycles. The van der Waals surface area contributed by atoms with E-state index in [-0.39, 0.29) is 18.3 Å². The Balaban J connectivity index is 2.09. The van der Waals surface area contributed by atoms with Gasteiger partial charge in [0, 0.05) is 23.6 Å². The average molecular weight is 334 g/mol. The Kier molecular flexibility index (Phi) is 5.81. The second-order valence-electron chi connectivity index (χ2n) is 5.37. The van der Waals surface area contributed by atoms with Crippen LogP contribution in [0, 0.1) is 0 Å². The number of amides is 1. The summed E-state index contributed by atoms with van der Waals surface area (Å²) in [5.74, 6) is 0.763. The predicted molar refractivity (Wildman–Crippen MR) is 87.4 cm³/mol. The molecule has 1 aromatic carbocycles. The summed E-state index contributed by atoms with van der Waals surface area (Å²) in [5, 5.41) is 0. The summed E-state index contributed by atoms with van der Waals surface area (Å²) in [6.07, 6.45) is 1.62. The van der Waals surface area contributed by atoms with Crippen LogP contribution in [0.1, 0.15) is 18.4 Å². The van der Waals surface area contributed by atoms with Gasteiger partial charge in [0.05, 0.1) is 27.9 Å². The zero-order valence-corrected chi connectivity index (χ0v) is 14.1. The molecule has 0 bridgehead atoms. The highest BCUT2D eigenvalue weighted by atomic mass is 16.5. The molecule has 1 amide bonds. The van der Waals surface area contributed by atoms with E-state index in [2.05, 4.69) is 4.74 Å². The Hall–Kier alpha value is -2.54. The van der Waals surface area contributed by atoms with Crippen LogP contribution >= 0.6 is 0 Å². The maximum atomic E-state index is 12.5. The van der Waals surface area contributed by atoms with Crippen molar-refractivity contribution in [2.45, 2.75) is 25.6 Å².